The zero-order valence-electron chi connectivity index (χ0n) is 19.2. The molecule has 1 amide bonds. The molecule has 6 rings (SSSR count). The molecule has 0 radical (unpaired) electrons. The summed E-state index contributed by atoms with van der Waals surface area (Å²) in [6.07, 6.45) is 0. The Hall–Kier alpha value is -4.33. The lowest BCUT2D eigenvalue weighted by Crippen LogP contribution is -2.49. The number of piperazine rings is 1. The highest BCUT2D eigenvalue weighted by Gasteiger charge is 2.27. The molecule has 35 heavy (non-hydrogen) atoms. The molecule has 5 aromatic rings. The van der Waals surface area contributed by atoms with E-state index in [-0.39, 0.29) is 11.5 Å². The highest BCUT2D eigenvalue weighted by Crippen LogP contribution is 2.29. The van der Waals surface area contributed by atoms with Gasteiger partial charge in [0.1, 0.15) is 5.82 Å². The van der Waals surface area contributed by atoms with E-state index < -0.39 is 5.82 Å². The molecule has 0 unspecified atom stereocenters. The van der Waals surface area contributed by atoms with Gasteiger partial charge in [0, 0.05) is 37.1 Å². The molecule has 0 bridgehead atoms. The van der Waals surface area contributed by atoms with Crippen LogP contribution in [0.5, 0.6) is 0 Å². The lowest BCUT2D eigenvalue weighted by Gasteiger charge is -2.35. The predicted molar refractivity (Wildman–Crippen MR) is 133 cm³/mol. The highest BCUT2D eigenvalue weighted by molar-refractivity contribution is 5.95. The van der Waals surface area contributed by atoms with E-state index in [1.165, 1.54) is 17.7 Å². The first-order chi connectivity index (χ1) is 17.1. The van der Waals surface area contributed by atoms with Crippen molar-refractivity contribution in [3.8, 4) is 11.4 Å². The fourth-order valence-corrected chi connectivity index (χ4v) is 4.58. The molecule has 0 atom stereocenters. The monoisotopic (exact) mass is 466 g/mol. The van der Waals surface area contributed by atoms with Crippen LogP contribution in [-0.2, 0) is 0 Å². The Kier molecular flexibility index (Phi) is 5.13. The van der Waals surface area contributed by atoms with Crippen LogP contribution in [0.15, 0.2) is 72.8 Å². The molecule has 0 N–H and O–H groups in total. The van der Waals surface area contributed by atoms with E-state index in [9.17, 15) is 9.18 Å². The molecule has 0 spiro atoms. The van der Waals surface area contributed by atoms with Crippen LogP contribution in [0.4, 0.5) is 10.3 Å². The molecule has 3 heterocycles. The van der Waals surface area contributed by atoms with E-state index in [2.05, 4.69) is 27.2 Å². The first-order valence-corrected chi connectivity index (χ1v) is 11.6. The average Bonchev–Trinajstić information content (AvgIpc) is 3.34. The summed E-state index contributed by atoms with van der Waals surface area (Å²) in [5.41, 5.74) is 3.80. The van der Waals surface area contributed by atoms with Gasteiger partial charge < -0.3 is 9.80 Å². The number of amides is 1. The summed E-state index contributed by atoms with van der Waals surface area (Å²) in [6, 6.07) is 22.2. The number of nitrogens with zero attached hydrogens (tertiary/aromatic N) is 6. The van der Waals surface area contributed by atoms with E-state index in [4.69, 9.17) is 4.98 Å². The third kappa shape index (κ3) is 3.67. The van der Waals surface area contributed by atoms with Gasteiger partial charge >= 0.3 is 0 Å². The van der Waals surface area contributed by atoms with Gasteiger partial charge in [-0.25, -0.2) is 13.8 Å². The second kappa shape index (κ2) is 8.47. The topological polar surface area (TPSA) is 66.6 Å². The lowest BCUT2D eigenvalue weighted by molar-refractivity contribution is 0.0741. The van der Waals surface area contributed by atoms with E-state index in [0.717, 1.165) is 33.9 Å². The van der Waals surface area contributed by atoms with Crippen LogP contribution >= 0.6 is 0 Å². The number of rotatable bonds is 3. The summed E-state index contributed by atoms with van der Waals surface area (Å²) in [5, 5.41) is 9.99. The molecule has 174 valence electrons. The zero-order chi connectivity index (χ0) is 23.9. The van der Waals surface area contributed by atoms with Gasteiger partial charge in [0.05, 0.1) is 11.1 Å². The number of para-hydroxylation sites is 1. The molecule has 0 aliphatic carbocycles. The summed E-state index contributed by atoms with van der Waals surface area (Å²) >= 11 is 0. The van der Waals surface area contributed by atoms with Crippen molar-refractivity contribution in [1.29, 1.82) is 0 Å². The number of aryl methyl sites for hydroxylation is 1. The second-order valence-corrected chi connectivity index (χ2v) is 8.74. The van der Waals surface area contributed by atoms with Gasteiger partial charge in [0.15, 0.2) is 11.5 Å². The number of hydrogen-bond acceptors (Lipinski definition) is 5. The normalized spacial score (nSPS) is 14.1. The van der Waals surface area contributed by atoms with E-state index >= 15 is 0 Å². The highest BCUT2D eigenvalue weighted by atomic mass is 19.1. The van der Waals surface area contributed by atoms with Gasteiger partial charge in [0.25, 0.3) is 5.91 Å². The van der Waals surface area contributed by atoms with Crippen molar-refractivity contribution in [1.82, 2.24) is 24.5 Å². The van der Waals surface area contributed by atoms with Crippen molar-refractivity contribution in [2.45, 2.75) is 6.92 Å². The molecule has 0 saturated carbocycles. The Morgan fingerprint density at radius 3 is 2.34 bits per heavy atom. The van der Waals surface area contributed by atoms with Crippen LogP contribution in [0.25, 0.3) is 27.9 Å². The van der Waals surface area contributed by atoms with Crippen LogP contribution < -0.4 is 4.90 Å². The summed E-state index contributed by atoms with van der Waals surface area (Å²) in [5.74, 6) is 0.671. The maximum absolute atomic E-state index is 14.2. The minimum atomic E-state index is -0.495. The largest absolute Gasteiger partial charge is 0.338 e. The fourth-order valence-electron chi connectivity index (χ4n) is 4.58. The van der Waals surface area contributed by atoms with E-state index in [0.29, 0.717) is 26.2 Å². The van der Waals surface area contributed by atoms with Crippen LogP contribution in [0, 0.1) is 12.7 Å². The smallest absolute Gasteiger partial charge is 0.256 e. The Morgan fingerprint density at radius 1 is 0.857 bits per heavy atom. The van der Waals surface area contributed by atoms with E-state index in [1.54, 1.807) is 17.0 Å². The van der Waals surface area contributed by atoms with Gasteiger partial charge in [-0.05, 0) is 31.2 Å². The third-order valence-electron chi connectivity index (χ3n) is 6.49. The van der Waals surface area contributed by atoms with Crippen LogP contribution in [0.2, 0.25) is 0 Å². The molecule has 1 fully saturated rings. The van der Waals surface area contributed by atoms with Crippen molar-refractivity contribution in [3.63, 3.8) is 0 Å². The third-order valence-corrected chi connectivity index (χ3v) is 6.49. The Balaban J connectivity index is 1.38. The van der Waals surface area contributed by atoms with E-state index in [1.807, 2.05) is 47.7 Å². The standard InChI is InChI=1S/C27H23FN6O/c1-18-10-12-19(13-11-18)24-30-31-25-21-7-3-5-9-23(21)29-27(34(24)25)33-16-14-32(15-17-33)26(35)20-6-2-4-8-22(20)28/h2-13H,14-17H2,1H3. The zero-order valence-corrected chi connectivity index (χ0v) is 19.2. The SMILES string of the molecule is Cc1ccc(-c2nnc3c4ccccc4nc(N4CCN(C(=O)c5ccccc5F)CC4)n23)cc1. The first kappa shape index (κ1) is 21.2. The minimum absolute atomic E-state index is 0.104. The van der Waals surface area contributed by atoms with Gasteiger partial charge in [-0.3, -0.25) is 4.79 Å². The van der Waals surface area contributed by atoms with Gasteiger partial charge in [-0.2, -0.15) is 0 Å². The van der Waals surface area contributed by atoms with Crippen molar-refractivity contribution in [3.05, 3.63) is 89.7 Å². The summed E-state index contributed by atoms with van der Waals surface area (Å²) in [7, 11) is 0. The molecule has 3 aromatic carbocycles. The Labute approximate surface area is 201 Å². The fraction of sp³-hybridized carbons (Fsp3) is 0.185. The predicted octanol–water partition coefficient (Wildman–Crippen LogP) is 4.35. The summed E-state index contributed by atoms with van der Waals surface area (Å²) < 4.78 is 16.2. The lowest BCUT2D eigenvalue weighted by atomic mass is 10.1. The molecule has 1 saturated heterocycles. The number of fused-ring (bicyclic) bond motifs is 3. The maximum atomic E-state index is 14.2. The molecule has 2 aromatic heterocycles. The molecule has 1 aliphatic rings. The summed E-state index contributed by atoms with van der Waals surface area (Å²) in [6.45, 7) is 4.10. The van der Waals surface area contributed by atoms with Crippen LogP contribution in [-0.4, -0.2) is 56.6 Å². The molecule has 8 heteroatoms. The quantitative estimate of drug-likeness (QED) is 0.395. The molecular formula is C27H23FN6O. The average molecular weight is 467 g/mol. The summed E-state index contributed by atoms with van der Waals surface area (Å²) in [4.78, 5) is 21.7. The first-order valence-electron chi connectivity index (χ1n) is 11.6. The molecular weight excluding hydrogens is 443 g/mol. The number of benzene rings is 3. The van der Waals surface area contributed by atoms with Crippen molar-refractivity contribution < 1.29 is 9.18 Å². The number of aromatic nitrogens is 4. The second-order valence-electron chi connectivity index (χ2n) is 8.74. The Bertz CT molecular complexity index is 1550. The number of halogens is 1. The van der Waals surface area contributed by atoms with Crippen LogP contribution in [0.3, 0.4) is 0 Å². The van der Waals surface area contributed by atoms with Gasteiger partial charge in [-0.15, -0.1) is 10.2 Å². The molecule has 1 aliphatic heterocycles. The molecule has 7 nitrogen and oxygen atoms in total. The number of carbonyl (C=O) groups excluding carboxylic acids is 1. The van der Waals surface area contributed by atoms with Gasteiger partial charge in [-0.1, -0.05) is 54.1 Å². The van der Waals surface area contributed by atoms with Gasteiger partial charge in [0.2, 0.25) is 5.95 Å². The minimum Gasteiger partial charge on any atom is -0.338 e. The number of hydrogen-bond donors (Lipinski definition) is 0. The van der Waals surface area contributed by atoms with Crippen molar-refractivity contribution >= 4 is 28.4 Å². The number of carbonyl (C=O) groups is 1. The maximum Gasteiger partial charge on any atom is 0.256 e. The Morgan fingerprint density at radius 2 is 1.57 bits per heavy atom. The van der Waals surface area contributed by atoms with Crippen molar-refractivity contribution in [2.75, 3.05) is 31.1 Å². The number of anilines is 1. The van der Waals surface area contributed by atoms with Crippen molar-refractivity contribution in [2.24, 2.45) is 0 Å². The van der Waals surface area contributed by atoms with Crippen LogP contribution in [0.1, 0.15) is 15.9 Å².